The predicted molar refractivity (Wildman–Crippen MR) is 78.4 cm³/mol. The maximum Gasteiger partial charge on any atom is 0.328 e. The molecule has 2 bridgehead atoms. The zero-order chi connectivity index (χ0) is 15.2. The molecule has 2 fully saturated rings. The van der Waals surface area contributed by atoms with E-state index in [0.29, 0.717) is 12.2 Å². The molecule has 1 aromatic rings. The van der Waals surface area contributed by atoms with E-state index in [0.717, 1.165) is 12.1 Å². The molecule has 2 atom stereocenters. The van der Waals surface area contributed by atoms with Crippen LogP contribution in [0.25, 0.3) is 0 Å². The van der Waals surface area contributed by atoms with Crippen molar-refractivity contribution in [2.75, 3.05) is 18.0 Å². The summed E-state index contributed by atoms with van der Waals surface area (Å²) in [6, 6.07) is 12.2. The summed E-state index contributed by atoms with van der Waals surface area (Å²) in [5.41, 5.74) is 1.39. The van der Waals surface area contributed by atoms with E-state index >= 15 is 0 Å². The van der Waals surface area contributed by atoms with Gasteiger partial charge in [-0.05, 0) is 18.6 Å². The molecule has 21 heavy (non-hydrogen) atoms. The number of hydrogen-bond acceptors (Lipinski definition) is 4. The quantitative estimate of drug-likeness (QED) is 0.718. The molecular formula is C15H18N2O4. The number of carbonyl (C=O) groups is 2. The number of nitrogens with one attached hydrogen (secondary N) is 1. The molecule has 0 amide bonds. The van der Waals surface area contributed by atoms with Gasteiger partial charge in [0.15, 0.2) is 0 Å². The normalized spacial score (nSPS) is 23.0. The van der Waals surface area contributed by atoms with Crippen LogP contribution in [-0.4, -0.2) is 47.3 Å². The maximum atomic E-state index is 9.55. The van der Waals surface area contributed by atoms with Gasteiger partial charge in [-0.3, -0.25) is 0 Å². The van der Waals surface area contributed by atoms with E-state index < -0.39 is 11.9 Å². The van der Waals surface area contributed by atoms with Gasteiger partial charge in [0.1, 0.15) is 0 Å². The third-order valence-corrected chi connectivity index (χ3v) is 3.51. The van der Waals surface area contributed by atoms with Crippen molar-refractivity contribution in [2.45, 2.75) is 18.5 Å². The molecule has 3 rings (SSSR count). The number of nitrogens with zero attached hydrogens (tertiary/aromatic N) is 1. The monoisotopic (exact) mass is 290 g/mol. The number of anilines is 1. The number of aliphatic carboxylic acids is 2. The summed E-state index contributed by atoms with van der Waals surface area (Å²) in [5.74, 6) is -2.51. The molecule has 112 valence electrons. The molecule has 0 aromatic heterocycles. The lowest BCUT2D eigenvalue weighted by molar-refractivity contribution is -0.134. The molecule has 2 aliphatic heterocycles. The molecule has 0 radical (unpaired) electrons. The Bertz CT molecular complexity index is 514. The van der Waals surface area contributed by atoms with Crippen molar-refractivity contribution in [3.63, 3.8) is 0 Å². The van der Waals surface area contributed by atoms with E-state index in [-0.39, 0.29) is 0 Å². The molecule has 0 aliphatic carbocycles. The summed E-state index contributed by atoms with van der Waals surface area (Å²) in [4.78, 5) is 21.6. The van der Waals surface area contributed by atoms with Crippen molar-refractivity contribution in [2.24, 2.45) is 0 Å². The molecule has 0 saturated carbocycles. The molecule has 1 aromatic carbocycles. The Morgan fingerprint density at radius 2 is 1.76 bits per heavy atom. The second-order valence-corrected chi connectivity index (χ2v) is 4.99. The molecule has 2 unspecified atom stereocenters. The summed E-state index contributed by atoms with van der Waals surface area (Å²) in [5, 5.41) is 19.1. The number of fused-ring (bicyclic) bond motifs is 2. The van der Waals surface area contributed by atoms with Crippen LogP contribution >= 0.6 is 0 Å². The van der Waals surface area contributed by atoms with E-state index in [9.17, 15) is 9.59 Å². The number of hydrogen-bond donors (Lipinski definition) is 3. The zero-order valence-corrected chi connectivity index (χ0v) is 11.5. The van der Waals surface area contributed by atoms with Crippen LogP contribution < -0.4 is 10.2 Å². The lowest BCUT2D eigenvalue weighted by Gasteiger charge is -2.29. The van der Waals surface area contributed by atoms with Crippen LogP contribution in [0.4, 0.5) is 5.69 Å². The van der Waals surface area contributed by atoms with Crippen molar-refractivity contribution < 1.29 is 19.8 Å². The highest BCUT2D eigenvalue weighted by Gasteiger charge is 2.37. The second-order valence-electron chi connectivity index (χ2n) is 4.99. The summed E-state index contributed by atoms with van der Waals surface area (Å²) in [7, 11) is 0. The minimum absolute atomic E-state index is 0.558. The average molecular weight is 290 g/mol. The topological polar surface area (TPSA) is 89.9 Å². The van der Waals surface area contributed by atoms with Gasteiger partial charge in [-0.25, -0.2) is 9.59 Å². The summed E-state index contributed by atoms with van der Waals surface area (Å²) >= 11 is 0. The molecule has 2 aliphatic rings. The van der Waals surface area contributed by atoms with E-state index in [2.05, 4.69) is 40.5 Å². The van der Waals surface area contributed by atoms with Gasteiger partial charge in [0.2, 0.25) is 0 Å². The maximum absolute atomic E-state index is 9.55. The van der Waals surface area contributed by atoms with Gasteiger partial charge in [0.25, 0.3) is 0 Å². The van der Waals surface area contributed by atoms with Crippen LogP contribution in [0.1, 0.15) is 6.42 Å². The number of para-hydroxylation sites is 1. The number of rotatable bonds is 3. The lowest BCUT2D eigenvalue weighted by Crippen LogP contribution is -2.43. The fourth-order valence-corrected chi connectivity index (χ4v) is 2.64. The van der Waals surface area contributed by atoms with E-state index in [1.165, 1.54) is 25.2 Å². The molecule has 0 spiro atoms. The van der Waals surface area contributed by atoms with Crippen LogP contribution in [0.5, 0.6) is 0 Å². The summed E-state index contributed by atoms with van der Waals surface area (Å²) in [6.07, 6.45) is 2.44. The standard InChI is InChI=1S/C11H14N2.C4H4O4/c1-2-4-10(5-3-1)13-8-9-6-11(13)7-12-9;5-3(6)1-2-4(7)8/h1-5,9,11-12H,6-8H2;1-2H,(H,5,6)(H,7,8)/b;2-1-. The van der Waals surface area contributed by atoms with Gasteiger partial charge >= 0.3 is 11.9 Å². The van der Waals surface area contributed by atoms with Gasteiger partial charge in [0, 0.05) is 43.0 Å². The Labute approximate surface area is 122 Å². The Morgan fingerprint density at radius 1 is 1.14 bits per heavy atom. The fourth-order valence-electron chi connectivity index (χ4n) is 2.64. The molecule has 2 saturated heterocycles. The highest BCUT2D eigenvalue weighted by Crippen LogP contribution is 2.28. The Morgan fingerprint density at radius 3 is 2.19 bits per heavy atom. The zero-order valence-electron chi connectivity index (χ0n) is 11.5. The van der Waals surface area contributed by atoms with E-state index in [1.54, 1.807) is 0 Å². The predicted octanol–water partition coefficient (Wildman–Crippen LogP) is 0.949. The number of piperazine rings is 1. The molecule has 6 nitrogen and oxygen atoms in total. The van der Waals surface area contributed by atoms with E-state index in [1.807, 2.05) is 0 Å². The first-order valence-corrected chi connectivity index (χ1v) is 6.75. The molecular weight excluding hydrogens is 272 g/mol. The van der Waals surface area contributed by atoms with Crippen molar-refractivity contribution in [3.8, 4) is 0 Å². The molecule has 3 N–H and O–H groups in total. The first kappa shape index (κ1) is 15.1. The van der Waals surface area contributed by atoms with Crippen molar-refractivity contribution in [3.05, 3.63) is 42.5 Å². The van der Waals surface area contributed by atoms with Crippen LogP contribution in [0.2, 0.25) is 0 Å². The second kappa shape index (κ2) is 6.90. The number of carboxylic acid groups (broad SMARTS) is 2. The minimum atomic E-state index is -1.26. The van der Waals surface area contributed by atoms with Gasteiger partial charge in [-0.2, -0.15) is 0 Å². The molecule has 6 heteroatoms. The highest BCUT2D eigenvalue weighted by molar-refractivity contribution is 5.89. The summed E-state index contributed by atoms with van der Waals surface area (Å²) < 4.78 is 0. The van der Waals surface area contributed by atoms with Gasteiger partial charge in [-0.15, -0.1) is 0 Å². The van der Waals surface area contributed by atoms with Gasteiger partial charge in [0.05, 0.1) is 0 Å². The van der Waals surface area contributed by atoms with Gasteiger partial charge < -0.3 is 20.4 Å². The number of benzene rings is 1. The van der Waals surface area contributed by atoms with Crippen molar-refractivity contribution >= 4 is 17.6 Å². The highest BCUT2D eigenvalue weighted by atomic mass is 16.4. The van der Waals surface area contributed by atoms with Crippen molar-refractivity contribution in [1.29, 1.82) is 0 Å². The Balaban J connectivity index is 0.000000177. The molecule has 2 heterocycles. The SMILES string of the molecule is O=C(O)/C=C\C(=O)O.c1ccc(N2CC3CC2CN3)cc1. The average Bonchev–Trinajstić information content (AvgIpc) is 3.09. The Kier molecular flexibility index (Phi) is 4.94. The van der Waals surface area contributed by atoms with Crippen LogP contribution in [0, 0.1) is 0 Å². The summed E-state index contributed by atoms with van der Waals surface area (Å²) in [6.45, 7) is 2.36. The van der Waals surface area contributed by atoms with Crippen LogP contribution in [0.15, 0.2) is 42.5 Å². The smallest absolute Gasteiger partial charge is 0.328 e. The third kappa shape index (κ3) is 4.32. The first-order chi connectivity index (χ1) is 10.1. The lowest BCUT2D eigenvalue weighted by atomic mass is 10.2. The van der Waals surface area contributed by atoms with Crippen molar-refractivity contribution in [1.82, 2.24) is 5.32 Å². The van der Waals surface area contributed by atoms with Crippen LogP contribution in [-0.2, 0) is 9.59 Å². The van der Waals surface area contributed by atoms with E-state index in [4.69, 9.17) is 10.2 Å². The van der Waals surface area contributed by atoms with Crippen LogP contribution in [0.3, 0.4) is 0 Å². The first-order valence-electron chi connectivity index (χ1n) is 6.75. The third-order valence-electron chi connectivity index (χ3n) is 3.51. The van der Waals surface area contributed by atoms with Gasteiger partial charge in [-0.1, -0.05) is 18.2 Å². The largest absolute Gasteiger partial charge is 0.478 e. The fraction of sp³-hybridized carbons (Fsp3) is 0.333. The number of carboxylic acids is 2. The minimum Gasteiger partial charge on any atom is -0.478 e. The Hall–Kier alpha value is -2.34.